The van der Waals surface area contributed by atoms with Crippen molar-refractivity contribution < 1.29 is 9.59 Å². The van der Waals surface area contributed by atoms with Crippen LogP contribution in [0.2, 0.25) is 0 Å². The maximum absolute atomic E-state index is 12.1. The van der Waals surface area contributed by atoms with Crippen LogP contribution in [-0.2, 0) is 16.1 Å². The molecule has 1 aromatic heterocycles. The Balaban J connectivity index is 2.58. The van der Waals surface area contributed by atoms with E-state index in [4.69, 9.17) is 0 Å². The highest BCUT2D eigenvalue weighted by atomic mass is 16.2. The van der Waals surface area contributed by atoms with E-state index >= 15 is 0 Å². The molecule has 0 aliphatic carbocycles. The molecule has 0 aliphatic heterocycles. The average molecular weight is 277 g/mol. The van der Waals surface area contributed by atoms with Crippen LogP contribution in [0.1, 0.15) is 39.8 Å². The third-order valence-electron chi connectivity index (χ3n) is 3.28. The zero-order chi connectivity index (χ0) is 15.2. The molecular formula is C15H23N3O2. The zero-order valence-corrected chi connectivity index (χ0v) is 12.6. The molecule has 0 radical (unpaired) electrons. The molecule has 110 valence electrons. The van der Waals surface area contributed by atoms with Crippen molar-refractivity contribution >= 4 is 11.8 Å². The predicted octanol–water partition coefficient (Wildman–Crippen LogP) is 1.64. The molecule has 0 spiro atoms. The van der Waals surface area contributed by atoms with Crippen LogP contribution in [0.4, 0.5) is 0 Å². The highest BCUT2D eigenvalue weighted by molar-refractivity contribution is 6.04. The van der Waals surface area contributed by atoms with Gasteiger partial charge >= 0.3 is 0 Å². The maximum Gasteiger partial charge on any atom is 0.235 e. The first-order chi connectivity index (χ1) is 9.37. The molecule has 20 heavy (non-hydrogen) atoms. The largest absolute Gasteiger partial charge is 0.353 e. The highest BCUT2D eigenvalue weighted by Gasteiger charge is 2.36. The van der Waals surface area contributed by atoms with E-state index in [1.165, 1.54) is 0 Å². The monoisotopic (exact) mass is 277 g/mol. The van der Waals surface area contributed by atoms with Crippen molar-refractivity contribution in [2.45, 2.75) is 46.7 Å². The van der Waals surface area contributed by atoms with E-state index in [1.54, 1.807) is 20.0 Å². The van der Waals surface area contributed by atoms with Gasteiger partial charge in [0.1, 0.15) is 5.41 Å². The summed E-state index contributed by atoms with van der Waals surface area (Å²) in [7, 11) is 0. The number of rotatable bonds is 6. The van der Waals surface area contributed by atoms with E-state index in [0.29, 0.717) is 6.54 Å². The summed E-state index contributed by atoms with van der Waals surface area (Å²) in [5, 5.41) is 5.58. The van der Waals surface area contributed by atoms with Gasteiger partial charge < -0.3 is 10.6 Å². The van der Waals surface area contributed by atoms with Crippen molar-refractivity contribution in [2.24, 2.45) is 5.41 Å². The molecule has 1 heterocycles. The Labute approximate surface area is 120 Å². The van der Waals surface area contributed by atoms with Crippen LogP contribution in [0.15, 0.2) is 24.4 Å². The van der Waals surface area contributed by atoms with Crippen molar-refractivity contribution in [3.63, 3.8) is 0 Å². The fraction of sp³-hybridized carbons (Fsp3) is 0.533. The SMILES string of the molecule is CCC(C)NC(=O)C(C)(C)C(=O)NCc1ccccn1. The van der Waals surface area contributed by atoms with Crippen molar-refractivity contribution in [3.8, 4) is 0 Å². The predicted molar refractivity (Wildman–Crippen MR) is 77.8 cm³/mol. The summed E-state index contributed by atoms with van der Waals surface area (Å²) in [4.78, 5) is 28.4. The second-order valence-electron chi connectivity index (χ2n) is 5.41. The molecule has 1 rings (SSSR count). The van der Waals surface area contributed by atoms with Gasteiger partial charge in [0.2, 0.25) is 11.8 Å². The molecule has 2 amide bonds. The second kappa shape index (κ2) is 7.03. The van der Waals surface area contributed by atoms with Gasteiger partial charge in [0.05, 0.1) is 12.2 Å². The number of nitrogens with one attached hydrogen (secondary N) is 2. The van der Waals surface area contributed by atoms with E-state index < -0.39 is 5.41 Å². The Morgan fingerprint density at radius 1 is 1.30 bits per heavy atom. The molecule has 0 aliphatic rings. The van der Waals surface area contributed by atoms with Gasteiger partial charge in [-0.2, -0.15) is 0 Å². The molecule has 2 N–H and O–H groups in total. The van der Waals surface area contributed by atoms with Crippen LogP contribution in [0, 0.1) is 5.41 Å². The van der Waals surface area contributed by atoms with E-state index in [-0.39, 0.29) is 17.9 Å². The van der Waals surface area contributed by atoms with Crippen LogP contribution in [0.5, 0.6) is 0 Å². The lowest BCUT2D eigenvalue weighted by molar-refractivity contribution is -0.141. The summed E-state index contributed by atoms with van der Waals surface area (Å²) in [5.74, 6) is -0.561. The van der Waals surface area contributed by atoms with Crippen LogP contribution in [0.3, 0.4) is 0 Å². The van der Waals surface area contributed by atoms with Crippen molar-refractivity contribution in [2.75, 3.05) is 0 Å². The van der Waals surface area contributed by atoms with Crippen LogP contribution in [0.25, 0.3) is 0 Å². The fourth-order valence-corrected chi connectivity index (χ4v) is 1.50. The Hall–Kier alpha value is -1.91. The van der Waals surface area contributed by atoms with E-state index in [0.717, 1.165) is 12.1 Å². The Morgan fingerprint density at radius 2 is 2.00 bits per heavy atom. The zero-order valence-electron chi connectivity index (χ0n) is 12.6. The third kappa shape index (κ3) is 4.33. The van der Waals surface area contributed by atoms with E-state index in [1.807, 2.05) is 32.0 Å². The Kier molecular flexibility index (Phi) is 5.67. The topological polar surface area (TPSA) is 71.1 Å². The lowest BCUT2D eigenvalue weighted by atomic mass is 9.90. The highest BCUT2D eigenvalue weighted by Crippen LogP contribution is 2.16. The van der Waals surface area contributed by atoms with Crippen LogP contribution >= 0.6 is 0 Å². The second-order valence-corrected chi connectivity index (χ2v) is 5.41. The minimum atomic E-state index is -1.10. The third-order valence-corrected chi connectivity index (χ3v) is 3.28. The first-order valence-electron chi connectivity index (χ1n) is 6.87. The molecular weight excluding hydrogens is 254 g/mol. The molecule has 0 fully saturated rings. The standard InChI is InChI=1S/C15H23N3O2/c1-5-11(2)18-14(20)15(3,4)13(19)17-10-12-8-6-7-9-16-12/h6-9,11H,5,10H2,1-4H3,(H,17,19)(H,18,20). The molecule has 0 bridgehead atoms. The summed E-state index contributed by atoms with van der Waals surface area (Å²) in [6, 6.07) is 5.56. The van der Waals surface area contributed by atoms with Crippen molar-refractivity contribution in [1.82, 2.24) is 15.6 Å². The van der Waals surface area contributed by atoms with Crippen LogP contribution < -0.4 is 10.6 Å². The molecule has 1 atom stereocenters. The normalized spacial score (nSPS) is 12.6. The van der Waals surface area contributed by atoms with Gasteiger partial charge in [-0.25, -0.2) is 0 Å². The lowest BCUT2D eigenvalue weighted by Gasteiger charge is -2.24. The number of hydrogen-bond donors (Lipinski definition) is 2. The number of carbonyl (C=O) groups excluding carboxylic acids is 2. The minimum absolute atomic E-state index is 0.0605. The number of aromatic nitrogens is 1. The molecule has 0 saturated heterocycles. The van der Waals surface area contributed by atoms with Crippen molar-refractivity contribution in [1.29, 1.82) is 0 Å². The number of hydrogen-bond acceptors (Lipinski definition) is 3. The number of amides is 2. The van der Waals surface area contributed by atoms with Gasteiger partial charge in [-0.1, -0.05) is 13.0 Å². The van der Waals surface area contributed by atoms with Gasteiger partial charge in [0.15, 0.2) is 0 Å². The van der Waals surface area contributed by atoms with E-state index in [9.17, 15) is 9.59 Å². The summed E-state index contributed by atoms with van der Waals surface area (Å²) in [5.41, 5.74) is -0.336. The van der Waals surface area contributed by atoms with Crippen LogP contribution in [-0.4, -0.2) is 22.8 Å². The average Bonchev–Trinajstić information content (AvgIpc) is 2.45. The Bertz CT molecular complexity index is 457. The minimum Gasteiger partial charge on any atom is -0.353 e. The van der Waals surface area contributed by atoms with Gasteiger partial charge in [0, 0.05) is 12.2 Å². The summed E-state index contributed by atoms with van der Waals surface area (Å²) in [6.07, 6.45) is 2.50. The van der Waals surface area contributed by atoms with Gasteiger partial charge in [-0.15, -0.1) is 0 Å². The molecule has 0 aromatic carbocycles. The first-order valence-corrected chi connectivity index (χ1v) is 6.87. The number of carbonyl (C=O) groups is 2. The fourth-order valence-electron chi connectivity index (χ4n) is 1.50. The molecule has 5 nitrogen and oxygen atoms in total. The molecule has 0 saturated carbocycles. The summed E-state index contributed by atoms with van der Waals surface area (Å²) < 4.78 is 0. The summed E-state index contributed by atoms with van der Waals surface area (Å²) >= 11 is 0. The quantitative estimate of drug-likeness (QED) is 0.776. The molecule has 1 unspecified atom stereocenters. The first kappa shape index (κ1) is 16.1. The summed E-state index contributed by atoms with van der Waals surface area (Å²) in [6.45, 7) is 7.47. The number of nitrogens with zero attached hydrogens (tertiary/aromatic N) is 1. The maximum atomic E-state index is 12.1. The van der Waals surface area contributed by atoms with E-state index in [2.05, 4.69) is 15.6 Å². The van der Waals surface area contributed by atoms with Crippen molar-refractivity contribution in [3.05, 3.63) is 30.1 Å². The Morgan fingerprint density at radius 3 is 2.55 bits per heavy atom. The lowest BCUT2D eigenvalue weighted by Crippen LogP contribution is -2.49. The number of pyridine rings is 1. The van der Waals surface area contributed by atoms with Gasteiger partial charge in [-0.3, -0.25) is 14.6 Å². The molecule has 1 aromatic rings. The van der Waals surface area contributed by atoms with Gasteiger partial charge in [0.25, 0.3) is 0 Å². The molecule has 5 heteroatoms. The van der Waals surface area contributed by atoms with Gasteiger partial charge in [-0.05, 0) is 39.3 Å². The smallest absolute Gasteiger partial charge is 0.235 e.